The summed E-state index contributed by atoms with van der Waals surface area (Å²) in [5, 5.41) is 5.85. The van der Waals surface area contributed by atoms with Gasteiger partial charge in [-0.1, -0.05) is 30.3 Å². The van der Waals surface area contributed by atoms with Crippen molar-refractivity contribution in [3.05, 3.63) is 64.5 Å². The van der Waals surface area contributed by atoms with E-state index in [0.717, 1.165) is 26.9 Å². The minimum atomic E-state index is -0.907. The minimum Gasteiger partial charge on any atom is -0.322 e. The summed E-state index contributed by atoms with van der Waals surface area (Å²) >= 11 is 1.57. The lowest BCUT2D eigenvalue weighted by Crippen LogP contribution is -2.13. The lowest BCUT2D eigenvalue weighted by molar-refractivity contribution is 0.102. The fraction of sp³-hybridized carbons (Fsp3) is 0.167. The number of rotatable bonds is 4. The topological polar surface area (TPSA) is 46.2 Å². The molecule has 0 saturated heterocycles. The Labute approximate surface area is 141 Å². The molecule has 0 radical (unpaired) electrons. The molecule has 0 bridgehead atoms. The molecule has 1 aromatic heterocycles. The van der Waals surface area contributed by atoms with Crippen molar-refractivity contribution in [1.82, 2.24) is 0 Å². The van der Waals surface area contributed by atoms with Gasteiger partial charge in [0.1, 0.15) is 0 Å². The van der Waals surface area contributed by atoms with Crippen molar-refractivity contribution in [1.29, 1.82) is 0 Å². The Balaban J connectivity index is 1.90. The number of amides is 1. The monoisotopic (exact) mass is 343 g/mol. The Morgan fingerprint density at radius 2 is 1.96 bits per heavy atom. The smallest absolute Gasteiger partial charge is 0.257 e. The van der Waals surface area contributed by atoms with Crippen LogP contribution in [0.15, 0.2) is 47.8 Å². The predicted octanol–water partition coefficient (Wildman–Crippen LogP) is 4.34. The van der Waals surface area contributed by atoms with Crippen molar-refractivity contribution < 1.29 is 9.00 Å². The Morgan fingerprint density at radius 3 is 2.74 bits per heavy atom. The first-order valence-electron chi connectivity index (χ1n) is 7.22. The summed E-state index contributed by atoms with van der Waals surface area (Å²) in [6, 6.07) is 13.6. The van der Waals surface area contributed by atoms with E-state index in [9.17, 15) is 9.00 Å². The largest absolute Gasteiger partial charge is 0.322 e. The molecule has 0 unspecified atom stereocenters. The van der Waals surface area contributed by atoms with Crippen molar-refractivity contribution in [3.8, 4) is 0 Å². The van der Waals surface area contributed by atoms with Gasteiger partial charge >= 0.3 is 0 Å². The van der Waals surface area contributed by atoms with E-state index in [1.807, 2.05) is 54.8 Å². The van der Waals surface area contributed by atoms with Crippen molar-refractivity contribution in [2.75, 3.05) is 11.6 Å². The van der Waals surface area contributed by atoms with E-state index in [4.69, 9.17) is 0 Å². The van der Waals surface area contributed by atoms with Crippen LogP contribution in [0.25, 0.3) is 10.1 Å². The first-order chi connectivity index (χ1) is 11.1. The lowest BCUT2D eigenvalue weighted by atomic mass is 10.1. The molecule has 0 fully saturated rings. The summed E-state index contributed by atoms with van der Waals surface area (Å²) in [4.78, 5) is 12.6. The second-order valence-electron chi connectivity index (χ2n) is 5.41. The van der Waals surface area contributed by atoms with Crippen LogP contribution in [0.2, 0.25) is 0 Å². The molecule has 3 aromatic rings. The SMILES string of the molecule is Cc1c(C[S@@](C)=O)cccc1NC(=O)c1csc2ccccc12. The van der Waals surface area contributed by atoms with Crippen LogP contribution in [0.3, 0.4) is 0 Å². The van der Waals surface area contributed by atoms with Crippen molar-refractivity contribution >= 4 is 43.8 Å². The molecule has 3 rings (SSSR count). The van der Waals surface area contributed by atoms with Gasteiger partial charge in [0.15, 0.2) is 0 Å². The molecular weight excluding hydrogens is 326 g/mol. The Kier molecular flexibility index (Phi) is 4.59. The molecule has 118 valence electrons. The highest BCUT2D eigenvalue weighted by Crippen LogP contribution is 2.27. The zero-order chi connectivity index (χ0) is 16.4. The highest BCUT2D eigenvalue weighted by atomic mass is 32.2. The maximum absolute atomic E-state index is 12.6. The van der Waals surface area contributed by atoms with E-state index < -0.39 is 10.8 Å². The molecule has 0 aliphatic carbocycles. The van der Waals surface area contributed by atoms with E-state index in [1.54, 1.807) is 17.6 Å². The van der Waals surface area contributed by atoms with Gasteiger partial charge in [0.05, 0.1) is 5.56 Å². The highest BCUT2D eigenvalue weighted by Gasteiger charge is 2.14. The minimum absolute atomic E-state index is 0.111. The number of carbonyl (C=O) groups is 1. The number of carbonyl (C=O) groups excluding carboxylic acids is 1. The number of hydrogen-bond acceptors (Lipinski definition) is 3. The molecule has 1 N–H and O–H groups in total. The van der Waals surface area contributed by atoms with Gasteiger partial charge in [-0.15, -0.1) is 11.3 Å². The van der Waals surface area contributed by atoms with Gasteiger partial charge in [-0.3, -0.25) is 9.00 Å². The third-order valence-corrected chi connectivity index (χ3v) is 5.46. The second-order valence-corrected chi connectivity index (χ2v) is 7.75. The molecule has 23 heavy (non-hydrogen) atoms. The average Bonchev–Trinajstić information content (AvgIpc) is 2.95. The summed E-state index contributed by atoms with van der Waals surface area (Å²) in [6.45, 7) is 1.95. The molecular formula is C18H17NO2S2. The van der Waals surface area contributed by atoms with Crippen LogP contribution >= 0.6 is 11.3 Å². The fourth-order valence-corrected chi connectivity index (χ4v) is 4.23. The van der Waals surface area contributed by atoms with E-state index in [0.29, 0.717) is 11.3 Å². The number of nitrogens with one attached hydrogen (secondary N) is 1. The van der Waals surface area contributed by atoms with Gasteiger partial charge in [-0.25, -0.2) is 0 Å². The molecule has 3 nitrogen and oxygen atoms in total. The van der Waals surface area contributed by atoms with Crippen LogP contribution in [-0.4, -0.2) is 16.4 Å². The maximum atomic E-state index is 12.6. The van der Waals surface area contributed by atoms with Gasteiger partial charge in [0.25, 0.3) is 5.91 Å². The molecule has 5 heteroatoms. The molecule has 0 aliphatic heterocycles. The number of benzene rings is 2. The van der Waals surface area contributed by atoms with Crippen LogP contribution in [0.4, 0.5) is 5.69 Å². The number of hydrogen-bond donors (Lipinski definition) is 1. The summed E-state index contributed by atoms with van der Waals surface area (Å²) in [5.41, 5.74) is 3.43. The lowest BCUT2D eigenvalue weighted by Gasteiger charge is -2.11. The van der Waals surface area contributed by atoms with E-state index in [-0.39, 0.29) is 5.91 Å². The third-order valence-electron chi connectivity index (χ3n) is 3.78. The molecule has 0 aliphatic rings. The van der Waals surface area contributed by atoms with Crippen LogP contribution in [0.1, 0.15) is 21.5 Å². The van der Waals surface area contributed by atoms with Gasteiger partial charge in [0, 0.05) is 44.0 Å². The molecule has 2 aromatic carbocycles. The van der Waals surface area contributed by atoms with Crippen LogP contribution in [0.5, 0.6) is 0 Å². The zero-order valence-electron chi connectivity index (χ0n) is 13.0. The van der Waals surface area contributed by atoms with Gasteiger partial charge in [-0.05, 0) is 30.2 Å². The summed E-state index contributed by atoms with van der Waals surface area (Å²) in [6.07, 6.45) is 1.68. The van der Waals surface area contributed by atoms with Gasteiger partial charge < -0.3 is 5.32 Å². The normalized spacial score (nSPS) is 12.3. The first kappa shape index (κ1) is 15.9. The maximum Gasteiger partial charge on any atom is 0.257 e. The Bertz CT molecular complexity index is 899. The summed E-state index contributed by atoms with van der Waals surface area (Å²) in [7, 11) is -0.907. The summed E-state index contributed by atoms with van der Waals surface area (Å²) in [5.74, 6) is 0.386. The number of fused-ring (bicyclic) bond motifs is 1. The van der Waals surface area contributed by atoms with E-state index in [1.165, 1.54) is 0 Å². The zero-order valence-corrected chi connectivity index (χ0v) is 14.6. The average molecular weight is 343 g/mol. The first-order valence-corrected chi connectivity index (χ1v) is 9.83. The highest BCUT2D eigenvalue weighted by molar-refractivity contribution is 7.83. The van der Waals surface area contributed by atoms with Crippen LogP contribution in [-0.2, 0) is 16.6 Å². The molecule has 0 saturated carbocycles. The van der Waals surface area contributed by atoms with Crippen LogP contribution in [0, 0.1) is 6.92 Å². The van der Waals surface area contributed by atoms with E-state index >= 15 is 0 Å². The number of anilines is 1. The standard InChI is InChI=1S/C18H17NO2S2/c1-12-13(11-23(2)21)6-5-8-16(12)19-18(20)15-10-22-17-9-4-3-7-14(15)17/h3-10H,11H2,1-2H3,(H,19,20)/t23-/m1/s1. The molecule has 1 amide bonds. The number of thiophene rings is 1. The van der Waals surface area contributed by atoms with E-state index in [2.05, 4.69) is 5.32 Å². The fourth-order valence-electron chi connectivity index (χ4n) is 2.54. The molecule has 0 spiro atoms. The van der Waals surface area contributed by atoms with Crippen molar-refractivity contribution in [2.24, 2.45) is 0 Å². The molecule has 1 heterocycles. The second kappa shape index (κ2) is 6.64. The van der Waals surface area contributed by atoms with Crippen molar-refractivity contribution in [2.45, 2.75) is 12.7 Å². The Morgan fingerprint density at radius 1 is 1.17 bits per heavy atom. The molecule has 1 atom stereocenters. The summed E-state index contributed by atoms with van der Waals surface area (Å²) < 4.78 is 12.6. The van der Waals surface area contributed by atoms with Crippen LogP contribution < -0.4 is 5.32 Å². The van der Waals surface area contributed by atoms with Crippen molar-refractivity contribution in [3.63, 3.8) is 0 Å². The Hall–Kier alpha value is -1.98. The quantitative estimate of drug-likeness (QED) is 0.766. The third kappa shape index (κ3) is 3.35. The van der Waals surface area contributed by atoms with Gasteiger partial charge in [-0.2, -0.15) is 0 Å². The van der Waals surface area contributed by atoms with Gasteiger partial charge in [0.2, 0.25) is 0 Å². The predicted molar refractivity (Wildman–Crippen MR) is 98.7 cm³/mol.